The maximum atomic E-state index is 11.2. The summed E-state index contributed by atoms with van der Waals surface area (Å²) in [4.78, 5) is 15.9. The lowest BCUT2D eigenvalue weighted by Gasteiger charge is -2.10. The van der Waals surface area contributed by atoms with Crippen LogP contribution in [0.25, 0.3) is 21.0 Å². The van der Waals surface area contributed by atoms with Crippen LogP contribution in [0, 0.1) is 0 Å². The molecule has 118 valence electrons. The third-order valence-corrected chi connectivity index (χ3v) is 4.89. The monoisotopic (exact) mass is 354 g/mol. The summed E-state index contributed by atoms with van der Waals surface area (Å²) in [6.07, 6.45) is 0. The second kappa shape index (κ2) is 5.78. The van der Waals surface area contributed by atoms with E-state index < -0.39 is 5.97 Å². The van der Waals surface area contributed by atoms with Gasteiger partial charge in [-0.2, -0.15) is 0 Å². The molecular weight excluding hydrogens is 344 g/mol. The lowest BCUT2D eigenvalue weighted by atomic mass is 10.1. The first kappa shape index (κ1) is 14.9. The Balaban J connectivity index is 1.92. The highest BCUT2D eigenvalue weighted by Gasteiger charge is 2.12. The van der Waals surface area contributed by atoms with Gasteiger partial charge in [-0.15, -0.1) is 11.3 Å². The number of carboxylic acids is 1. The van der Waals surface area contributed by atoms with Gasteiger partial charge in [-0.1, -0.05) is 23.7 Å². The molecular formula is C18H11ClN2O2S. The Morgan fingerprint density at radius 1 is 1.12 bits per heavy atom. The van der Waals surface area contributed by atoms with E-state index in [0.717, 1.165) is 21.2 Å². The number of pyridine rings is 1. The van der Waals surface area contributed by atoms with Crippen molar-refractivity contribution in [3.8, 4) is 0 Å². The molecule has 0 unspecified atom stereocenters. The molecule has 24 heavy (non-hydrogen) atoms. The SMILES string of the molecule is O=C(O)c1ccc2c(c1)nc(Nc1cccc(Cl)c1)c1sccc12. The largest absolute Gasteiger partial charge is 0.478 e. The van der Waals surface area contributed by atoms with Gasteiger partial charge in [0.1, 0.15) is 5.82 Å². The van der Waals surface area contributed by atoms with E-state index in [-0.39, 0.29) is 5.56 Å². The lowest BCUT2D eigenvalue weighted by Crippen LogP contribution is -1.98. The van der Waals surface area contributed by atoms with Gasteiger partial charge in [-0.25, -0.2) is 9.78 Å². The first-order valence-corrected chi connectivity index (χ1v) is 8.44. The van der Waals surface area contributed by atoms with Crippen molar-refractivity contribution in [3.63, 3.8) is 0 Å². The average molecular weight is 355 g/mol. The number of hydrogen-bond acceptors (Lipinski definition) is 4. The second-order valence-electron chi connectivity index (χ2n) is 5.30. The number of anilines is 2. The standard InChI is InChI=1S/C18H11ClN2O2S/c19-11-2-1-3-12(9-11)20-17-16-14(6-7-24-16)13-5-4-10(18(22)23)8-15(13)21-17/h1-9H,(H,20,21)(H,22,23). The van der Waals surface area contributed by atoms with Crippen LogP contribution < -0.4 is 5.32 Å². The van der Waals surface area contributed by atoms with E-state index in [1.807, 2.05) is 35.7 Å². The molecule has 0 aliphatic rings. The third-order valence-electron chi connectivity index (χ3n) is 3.73. The average Bonchev–Trinajstić information content (AvgIpc) is 3.04. The molecule has 0 aliphatic heterocycles. The van der Waals surface area contributed by atoms with Crippen LogP contribution in [0.4, 0.5) is 11.5 Å². The van der Waals surface area contributed by atoms with E-state index in [1.54, 1.807) is 29.5 Å². The number of nitrogens with one attached hydrogen (secondary N) is 1. The van der Waals surface area contributed by atoms with E-state index in [0.29, 0.717) is 16.4 Å². The molecule has 0 saturated heterocycles. The number of carbonyl (C=O) groups is 1. The van der Waals surface area contributed by atoms with Crippen molar-refractivity contribution in [1.29, 1.82) is 0 Å². The molecule has 4 rings (SSSR count). The predicted molar refractivity (Wildman–Crippen MR) is 98.8 cm³/mol. The number of rotatable bonds is 3. The second-order valence-corrected chi connectivity index (χ2v) is 6.65. The molecule has 0 saturated carbocycles. The van der Waals surface area contributed by atoms with Crippen molar-refractivity contribution in [1.82, 2.24) is 4.98 Å². The quantitative estimate of drug-likeness (QED) is 0.506. The molecule has 0 radical (unpaired) electrons. The number of aromatic carboxylic acids is 1. The summed E-state index contributed by atoms with van der Waals surface area (Å²) in [6, 6.07) is 14.4. The number of benzene rings is 2. The minimum atomic E-state index is -0.964. The van der Waals surface area contributed by atoms with Crippen LogP contribution in [0.15, 0.2) is 53.9 Å². The van der Waals surface area contributed by atoms with Gasteiger partial charge in [0, 0.05) is 21.5 Å². The van der Waals surface area contributed by atoms with E-state index in [4.69, 9.17) is 11.6 Å². The van der Waals surface area contributed by atoms with Crippen LogP contribution in [0.1, 0.15) is 10.4 Å². The zero-order valence-corrected chi connectivity index (χ0v) is 13.9. The summed E-state index contributed by atoms with van der Waals surface area (Å²) in [7, 11) is 0. The fourth-order valence-corrected chi connectivity index (χ4v) is 3.69. The Bertz CT molecular complexity index is 1090. The predicted octanol–water partition coefficient (Wildman–Crippen LogP) is 5.54. The number of thiophene rings is 1. The van der Waals surface area contributed by atoms with Crippen LogP contribution in [0.2, 0.25) is 5.02 Å². The molecule has 0 fully saturated rings. The molecule has 4 nitrogen and oxygen atoms in total. The van der Waals surface area contributed by atoms with Gasteiger partial charge in [-0.05, 0) is 41.8 Å². The van der Waals surface area contributed by atoms with E-state index >= 15 is 0 Å². The van der Waals surface area contributed by atoms with Crippen molar-refractivity contribution in [2.24, 2.45) is 0 Å². The molecule has 6 heteroatoms. The van der Waals surface area contributed by atoms with Gasteiger partial charge in [0.15, 0.2) is 0 Å². The summed E-state index contributed by atoms with van der Waals surface area (Å²) >= 11 is 7.62. The van der Waals surface area contributed by atoms with Gasteiger partial charge < -0.3 is 10.4 Å². The zero-order valence-electron chi connectivity index (χ0n) is 12.3. The van der Waals surface area contributed by atoms with Gasteiger partial charge in [-0.3, -0.25) is 0 Å². The van der Waals surface area contributed by atoms with Crippen molar-refractivity contribution in [2.75, 3.05) is 5.32 Å². The first-order valence-electron chi connectivity index (χ1n) is 7.19. The number of nitrogens with zero attached hydrogens (tertiary/aromatic N) is 1. The molecule has 0 atom stereocenters. The van der Waals surface area contributed by atoms with Gasteiger partial charge in [0.2, 0.25) is 0 Å². The minimum absolute atomic E-state index is 0.221. The molecule has 2 aromatic heterocycles. The Hall–Kier alpha value is -2.63. The highest BCUT2D eigenvalue weighted by molar-refractivity contribution is 7.18. The highest BCUT2D eigenvalue weighted by atomic mass is 35.5. The summed E-state index contributed by atoms with van der Waals surface area (Å²) in [5.41, 5.74) is 1.70. The first-order chi connectivity index (χ1) is 11.6. The van der Waals surface area contributed by atoms with Crippen LogP contribution in [-0.4, -0.2) is 16.1 Å². The van der Waals surface area contributed by atoms with Gasteiger partial charge in [0.05, 0.1) is 15.8 Å². The highest BCUT2D eigenvalue weighted by Crippen LogP contribution is 2.35. The number of hydrogen-bond donors (Lipinski definition) is 2. The summed E-state index contributed by atoms with van der Waals surface area (Å²) < 4.78 is 1.02. The topological polar surface area (TPSA) is 62.2 Å². The molecule has 0 spiro atoms. The summed E-state index contributed by atoms with van der Waals surface area (Å²) in [5.74, 6) is -0.272. The molecule has 2 heterocycles. The number of fused-ring (bicyclic) bond motifs is 3. The smallest absolute Gasteiger partial charge is 0.335 e. The molecule has 0 amide bonds. The number of halogens is 1. The Morgan fingerprint density at radius 2 is 2.00 bits per heavy atom. The molecule has 0 bridgehead atoms. The molecule has 2 aromatic carbocycles. The number of carboxylic acid groups (broad SMARTS) is 1. The summed E-state index contributed by atoms with van der Waals surface area (Å²) in [6.45, 7) is 0. The fourth-order valence-electron chi connectivity index (χ4n) is 2.65. The summed E-state index contributed by atoms with van der Waals surface area (Å²) in [5, 5.41) is 17.1. The maximum absolute atomic E-state index is 11.2. The third kappa shape index (κ3) is 2.58. The Kier molecular flexibility index (Phi) is 3.59. The van der Waals surface area contributed by atoms with E-state index in [2.05, 4.69) is 10.3 Å². The lowest BCUT2D eigenvalue weighted by molar-refractivity contribution is 0.0697. The van der Waals surface area contributed by atoms with Crippen LogP contribution in [-0.2, 0) is 0 Å². The van der Waals surface area contributed by atoms with Crippen molar-refractivity contribution < 1.29 is 9.90 Å². The normalized spacial score (nSPS) is 11.0. The Labute approximate surface area is 146 Å². The molecule has 2 N–H and O–H groups in total. The molecule has 0 aliphatic carbocycles. The van der Waals surface area contributed by atoms with Crippen LogP contribution in [0.3, 0.4) is 0 Å². The van der Waals surface area contributed by atoms with Gasteiger partial charge in [0.25, 0.3) is 0 Å². The maximum Gasteiger partial charge on any atom is 0.335 e. The Morgan fingerprint density at radius 3 is 2.79 bits per heavy atom. The minimum Gasteiger partial charge on any atom is -0.478 e. The van der Waals surface area contributed by atoms with Crippen LogP contribution in [0.5, 0.6) is 0 Å². The van der Waals surface area contributed by atoms with Crippen LogP contribution >= 0.6 is 22.9 Å². The number of aromatic nitrogens is 1. The van der Waals surface area contributed by atoms with Crippen molar-refractivity contribution >= 4 is 61.4 Å². The van der Waals surface area contributed by atoms with Crippen molar-refractivity contribution in [3.05, 3.63) is 64.5 Å². The van der Waals surface area contributed by atoms with E-state index in [9.17, 15) is 9.90 Å². The van der Waals surface area contributed by atoms with E-state index in [1.165, 1.54) is 0 Å². The zero-order chi connectivity index (χ0) is 16.7. The molecule has 4 aromatic rings. The fraction of sp³-hybridized carbons (Fsp3) is 0. The van der Waals surface area contributed by atoms with Gasteiger partial charge >= 0.3 is 5.97 Å². The van der Waals surface area contributed by atoms with Crippen molar-refractivity contribution in [2.45, 2.75) is 0 Å².